The quantitative estimate of drug-likeness (QED) is 0.746. The highest BCUT2D eigenvalue weighted by molar-refractivity contribution is 6.29. The Kier molecular flexibility index (Phi) is 4.42. The molecule has 1 saturated heterocycles. The van der Waals surface area contributed by atoms with Crippen LogP contribution < -0.4 is 10.6 Å². The minimum atomic E-state index is -0.0697. The number of piperidine rings is 1. The molecule has 1 heterocycles. The van der Waals surface area contributed by atoms with Crippen LogP contribution in [0.25, 0.3) is 0 Å². The lowest BCUT2D eigenvalue weighted by Gasteiger charge is -2.28. The Balaban J connectivity index is 2.38. The molecular weight excluding hydrogens is 200 g/mol. The van der Waals surface area contributed by atoms with Crippen LogP contribution in [-0.4, -0.2) is 25.0 Å². The molecule has 1 aliphatic heterocycles. The van der Waals surface area contributed by atoms with E-state index in [0.29, 0.717) is 17.5 Å². The van der Waals surface area contributed by atoms with Gasteiger partial charge in [-0.05, 0) is 25.3 Å². The predicted octanol–water partition coefficient (Wildman–Crippen LogP) is 1.24. The first-order valence-electron chi connectivity index (χ1n) is 4.95. The van der Waals surface area contributed by atoms with E-state index in [2.05, 4.69) is 24.1 Å². The van der Waals surface area contributed by atoms with Crippen LogP contribution in [0.15, 0.2) is 11.6 Å². The van der Waals surface area contributed by atoms with Gasteiger partial charge in [-0.15, -0.1) is 0 Å². The van der Waals surface area contributed by atoms with E-state index in [4.69, 9.17) is 11.6 Å². The van der Waals surface area contributed by atoms with E-state index < -0.39 is 0 Å². The third-order valence-electron chi connectivity index (χ3n) is 2.51. The van der Waals surface area contributed by atoms with Crippen molar-refractivity contribution in [3.8, 4) is 0 Å². The van der Waals surface area contributed by atoms with Crippen LogP contribution in [0.3, 0.4) is 0 Å². The molecule has 1 aliphatic rings. The third kappa shape index (κ3) is 3.31. The van der Waals surface area contributed by atoms with Crippen LogP contribution in [0.2, 0.25) is 0 Å². The molecule has 1 amide bonds. The van der Waals surface area contributed by atoms with E-state index in [0.717, 1.165) is 19.4 Å². The largest absolute Gasteiger partial charge is 0.350 e. The van der Waals surface area contributed by atoms with Crippen molar-refractivity contribution in [2.75, 3.05) is 13.1 Å². The van der Waals surface area contributed by atoms with E-state index in [1.54, 1.807) is 0 Å². The van der Waals surface area contributed by atoms with Gasteiger partial charge in [0.15, 0.2) is 0 Å². The minimum Gasteiger partial charge on any atom is -0.350 e. The van der Waals surface area contributed by atoms with Crippen LogP contribution in [0, 0.1) is 5.92 Å². The van der Waals surface area contributed by atoms with Gasteiger partial charge in [0, 0.05) is 5.03 Å². The van der Waals surface area contributed by atoms with Crippen molar-refractivity contribution in [3.63, 3.8) is 0 Å². The van der Waals surface area contributed by atoms with Gasteiger partial charge in [0.1, 0.15) is 0 Å². The van der Waals surface area contributed by atoms with Gasteiger partial charge < -0.3 is 10.6 Å². The highest BCUT2D eigenvalue weighted by atomic mass is 35.5. The van der Waals surface area contributed by atoms with Crippen molar-refractivity contribution in [1.29, 1.82) is 0 Å². The highest BCUT2D eigenvalue weighted by Gasteiger charge is 2.26. The number of rotatable bonds is 3. The molecule has 0 spiro atoms. The molecule has 0 radical (unpaired) electrons. The second kappa shape index (κ2) is 5.37. The van der Waals surface area contributed by atoms with Crippen molar-refractivity contribution >= 4 is 17.5 Å². The van der Waals surface area contributed by atoms with Crippen molar-refractivity contribution in [1.82, 2.24) is 10.6 Å². The van der Waals surface area contributed by atoms with Gasteiger partial charge in [0.2, 0.25) is 5.91 Å². The van der Waals surface area contributed by atoms with Gasteiger partial charge >= 0.3 is 0 Å². The summed E-state index contributed by atoms with van der Waals surface area (Å²) in [6, 6.07) is -0.0697. The summed E-state index contributed by atoms with van der Waals surface area (Å²) in [5.74, 6) is 0.423. The van der Waals surface area contributed by atoms with Gasteiger partial charge in [-0.25, -0.2) is 0 Å². The molecule has 4 heteroatoms. The summed E-state index contributed by atoms with van der Waals surface area (Å²) < 4.78 is 0. The number of amides is 1. The van der Waals surface area contributed by atoms with Crippen LogP contribution >= 0.6 is 11.6 Å². The molecule has 0 aromatic rings. The lowest BCUT2D eigenvalue weighted by atomic mass is 9.92. The molecule has 2 atom stereocenters. The Morgan fingerprint density at radius 1 is 1.71 bits per heavy atom. The second-order valence-electron chi connectivity index (χ2n) is 3.79. The number of nitrogens with one attached hydrogen (secondary N) is 2. The normalized spacial score (nSPS) is 27.0. The Morgan fingerprint density at radius 2 is 2.43 bits per heavy atom. The first-order valence-corrected chi connectivity index (χ1v) is 5.33. The van der Waals surface area contributed by atoms with Crippen LogP contribution in [-0.2, 0) is 4.79 Å². The molecule has 0 aromatic heterocycles. The average molecular weight is 217 g/mol. The van der Waals surface area contributed by atoms with Crippen molar-refractivity contribution in [2.45, 2.75) is 25.8 Å². The molecule has 80 valence electrons. The maximum Gasteiger partial charge on any atom is 0.237 e. The smallest absolute Gasteiger partial charge is 0.237 e. The predicted molar refractivity (Wildman–Crippen MR) is 58.2 cm³/mol. The first-order chi connectivity index (χ1) is 6.61. The topological polar surface area (TPSA) is 41.1 Å². The number of carbonyl (C=O) groups excluding carboxylic acids is 1. The van der Waals surface area contributed by atoms with Gasteiger partial charge in [-0.2, -0.15) is 0 Å². The molecule has 3 nitrogen and oxygen atoms in total. The summed E-state index contributed by atoms with van der Waals surface area (Å²) in [5.41, 5.74) is 0. The fourth-order valence-corrected chi connectivity index (χ4v) is 1.76. The molecule has 0 aliphatic carbocycles. The molecule has 0 saturated carbocycles. The second-order valence-corrected chi connectivity index (χ2v) is 4.32. The summed E-state index contributed by atoms with van der Waals surface area (Å²) in [4.78, 5) is 11.6. The van der Waals surface area contributed by atoms with E-state index in [-0.39, 0.29) is 11.9 Å². The fraction of sp³-hybridized carbons (Fsp3) is 0.700. The van der Waals surface area contributed by atoms with E-state index >= 15 is 0 Å². The van der Waals surface area contributed by atoms with E-state index in [1.807, 2.05) is 0 Å². The van der Waals surface area contributed by atoms with Crippen molar-refractivity contribution in [3.05, 3.63) is 11.6 Å². The first kappa shape index (κ1) is 11.5. The summed E-state index contributed by atoms with van der Waals surface area (Å²) in [6.45, 7) is 6.88. The van der Waals surface area contributed by atoms with Gasteiger partial charge in [-0.3, -0.25) is 4.79 Å². The van der Waals surface area contributed by atoms with E-state index in [1.165, 1.54) is 0 Å². The monoisotopic (exact) mass is 216 g/mol. The van der Waals surface area contributed by atoms with Crippen molar-refractivity contribution < 1.29 is 4.79 Å². The lowest BCUT2D eigenvalue weighted by molar-refractivity contribution is -0.124. The summed E-state index contributed by atoms with van der Waals surface area (Å²) in [6.07, 6.45) is 2.25. The maximum atomic E-state index is 11.6. The third-order valence-corrected chi connectivity index (χ3v) is 2.64. The van der Waals surface area contributed by atoms with Crippen molar-refractivity contribution in [2.24, 2.45) is 5.92 Å². The molecule has 2 N–H and O–H groups in total. The number of carbonyl (C=O) groups is 1. The molecule has 1 rings (SSSR count). The highest BCUT2D eigenvalue weighted by Crippen LogP contribution is 2.15. The molecule has 1 fully saturated rings. The van der Waals surface area contributed by atoms with Gasteiger partial charge in [0.25, 0.3) is 0 Å². The summed E-state index contributed by atoms with van der Waals surface area (Å²) >= 11 is 5.57. The Morgan fingerprint density at radius 3 is 3.00 bits per heavy atom. The zero-order chi connectivity index (χ0) is 10.6. The summed E-state index contributed by atoms with van der Waals surface area (Å²) in [7, 11) is 0. The van der Waals surface area contributed by atoms with Crippen LogP contribution in [0.1, 0.15) is 19.8 Å². The Labute approximate surface area is 89.9 Å². The van der Waals surface area contributed by atoms with Gasteiger partial charge in [0.05, 0.1) is 12.6 Å². The molecule has 14 heavy (non-hydrogen) atoms. The number of hydrogen-bond donors (Lipinski definition) is 2. The molecule has 0 bridgehead atoms. The zero-order valence-electron chi connectivity index (χ0n) is 8.48. The van der Waals surface area contributed by atoms with Gasteiger partial charge in [-0.1, -0.05) is 25.1 Å². The van der Waals surface area contributed by atoms with Crippen LogP contribution in [0.5, 0.6) is 0 Å². The standard InChI is InChI=1S/C10H17ClN2O/c1-7-4-3-5-12-9(7)10(14)13-6-8(2)11/h7,9,12H,2-6H2,1H3,(H,13,14). The Hall–Kier alpha value is -0.540. The SMILES string of the molecule is C=C(Cl)CNC(=O)C1NCCCC1C. The molecular formula is C10H17ClN2O. The zero-order valence-corrected chi connectivity index (χ0v) is 9.23. The fourth-order valence-electron chi connectivity index (χ4n) is 1.69. The molecule has 2 unspecified atom stereocenters. The lowest BCUT2D eigenvalue weighted by Crippen LogP contribution is -2.51. The molecule has 0 aromatic carbocycles. The maximum absolute atomic E-state index is 11.6. The number of hydrogen-bond acceptors (Lipinski definition) is 2. The minimum absolute atomic E-state index is 0.0269. The van der Waals surface area contributed by atoms with Crippen LogP contribution in [0.4, 0.5) is 0 Å². The number of halogens is 1. The average Bonchev–Trinajstić information content (AvgIpc) is 2.15. The summed E-state index contributed by atoms with van der Waals surface area (Å²) in [5, 5.41) is 6.42. The van der Waals surface area contributed by atoms with E-state index in [9.17, 15) is 4.79 Å². The Bertz CT molecular complexity index is 230.